The Labute approximate surface area is 53.8 Å². The molecule has 8 heavy (non-hydrogen) atoms. The molecule has 2 N–H and O–H groups in total. The smallest absolute Gasteiger partial charge is 0.143 e. The molecule has 0 aromatic rings. The second-order valence-electron chi connectivity index (χ2n) is 1.51. The maximum absolute atomic E-state index is 10.5. The molecule has 0 saturated heterocycles. The number of Topliss-reactive ketones (excluding diaryl/α,β-unsaturated/α-hetero) is 1. The predicted molar refractivity (Wildman–Crippen MR) is 37.1 cm³/mol. The van der Waals surface area contributed by atoms with Crippen LogP contribution in [0.5, 0.6) is 0 Å². The topological polar surface area (TPSA) is 43.1 Å². The first-order valence-electron chi connectivity index (χ1n) is 2.52. The SMILES string of the molecule is CSCC(=O)CCN. The van der Waals surface area contributed by atoms with Gasteiger partial charge in [0.15, 0.2) is 0 Å². The molecule has 0 saturated carbocycles. The molecule has 0 atom stereocenters. The van der Waals surface area contributed by atoms with E-state index in [1.54, 1.807) is 11.8 Å². The van der Waals surface area contributed by atoms with Gasteiger partial charge in [0.1, 0.15) is 5.78 Å². The van der Waals surface area contributed by atoms with Crippen molar-refractivity contribution in [1.82, 2.24) is 0 Å². The summed E-state index contributed by atoms with van der Waals surface area (Å²) < 4.78 is 0. The van der Waals surface area contributed by atoms with Crippen LogP contribution in [0.1, 0.15) is 6.42 Å². The summed E-state index contributed by atoms with van der Waals surface area (Å²) in [6, 6.07) is 0. The molecule has 0 aliphatic rings. The summed E-state index contributed by atoms with van der Waals surface area (Å²) in [5.41, 5.74) is 5.13. The van der Waals surface area contributed by atoms with Gasteiger partial charge in [-0.3, -0.25) is 4.79 Å². The van der Waals surface area contributed by atoms with E-state index in [9.17, 15) is 4.79 Å². The van der Waals surface area contributed by atoms with Gasteiger partial charge in [-0.15, -0.1) is 0 Å². The molecule has 0 aromatic carbocycles. The summed E-state index contributed by atoms with van der Waals surface area (Å²) in [6.07, 6.45) is 2.44. The lowest BCUT2D eigenvalue weighted by Crippen LogP contribution is -2.09. The summed E-state index contributed by atoms with van der Waals surface area (Å²) in [6.45, 7) is 0.486. The Morgan fingerprint density at radius 2 is 2.38 bits per heavy atom. The molecule has 0 amide bonds. The Hall–Kier alpha value is -0.0200. The van der Waals surface area contributed by atoms with E-state index in [1.807, 2.05) is 6.26 Å². The molecule has 0 aromatic heterocycles. The fourth-order valence-electron chi connectivity index (χ4n) is 0.394. The first kappa shape index (κ1) is 7.98. The number of thioether (sulfide) groups is 1. The van der Waals surface area contributed by atoms with Gasteiger partial charge in [0.05, 0.1) is 5.75 Å². The molecule has 3 heteroatoms. The zero-order valence-electron chi connectivity index (χ0n) is 5.02. The zero-order chi connectivity index (χ0) is 6.41. The van der Waals surface area contributed by atoms with Crippen molar-refractivity contribution in [3.05, 3.63) is 0 Å². The summed E-state index contributed by atoms with van der Waals surface area (Å²) in [5, 5.41) is 0. The van der Waals surface area contributed by atoms with Gasteiger partial charge in [0.25, 0.3) is 0 Å². The Kier molecular flexibility index (Phi) is 5.11. The second kappa shape index (κ2) is 5.12. The lowest BCUT2D eigenvalue weighted by atomic mass is 10.3. The average Bonchev–Trinajstić information content (AvgIpc) is 1.68. The second-order valence-corrected chi connectivity index (χ2v) is 2.38. The van der Waals surface area contributed by atoms with Gasteiger partial charge in [-0.2, -0.15) is 11.8 Å². The molecular weight excluding hydrogens is 122 g/mol. The lowest BCUT2D eigenvalue weighted by molar-refractivity contribution is -0.116. The van der Waals surface area contributed by atoms with Crippen LogP contribution in [0.15, 0.2) is 0 Å². The van der Waals surface area contributed by atoms with E-state index in [0.29, 0.717) is 18.7 Å². The van der Waals surface area contributed by atoms with Crippen LogP contribution in [0.3, 0.4) is 0 Å². The van der Waals surface area contributed by atoms with Crippen molar-refractivity contribution in [1.29, 1.82) is 0 Å². The van der Waals surface area contributed by atoms with Crippen LogP contribution in [0.4, 0.5) is 0 Å². The summed E-state index contributed by atoms with van der Waals surface area (Å²) >= 11 is 1.54. The number of carbonyl (C=O) groups excluding carboxylic acids is 1. The van der Waals surface area contributed by atoms with Crippen LogP contribution in [-0.2, 0) is 4.79 Å². The average molecular weight is 133 g/mol. The Balaban J connectivity index is 3.06. The van der Waals surface area contributed by atoms with Crippen LogP contribution < -0.4 is 5.73 Å². The van der Waals surface area contributed by atoms with Gasteiger partial charge < -0.3 is 5.73 Å². The first-order chi connectivity index (χ1) is 3.81. The standard InChI is InChI=1S/C5H11NOS/c1-8-4-5(7)2-3-6/h2-4,6H2,1H3. The molecular formula is C5H11NOS. The highest BCUT2D eigenvalue weighted by molar-refractivity contribution is 7.99. The van der Waals surface area contributed by atoms with Crippen molar-refractivity contribution < 1.29 is 4.79 Å². The molecule has 0 heterocycles. The van der Waals surface area contributed by atoms with Gasteiger partial charge in [-0.1, -0.05) is 0 Å². The highest BCUT2D eigenvalue weighted by atomic mass is 32.2. The van der Waals surface area contributed by atoms with E-state index in [-0.39, 0.29) is 5.78 Å². The highest BCUT2D eigenvalue weighted by Gasteiger charge is 1.95. The highest BCUT2D eigenvalue weighted by Crippen LogP contribution is 1.92. The van der Waals surface area contributed by atoms with Gasteiger partial charge in [-0.25, -0.2) is 0 Å². The van der Waals surface area contributed by atoms with Crippen molar-refractivity contribution in [3.63, 3.8) is 0 Å². The first-order valence-corrected chi connectivity index (χ1v) is 3.91. The molecule has 0 spiro atoms. The maximum Gasteiger partial charge on any atom is 0.143 e. The third-order valence-electron chi connectivity index (χ3n) is 0.729. The Morgan fingerprint density at radius 3 is 2.75 bits per heavy atom. The van der Waals surface area contributed by atoms with Crippen LogP contribution in [-0.4, -0.2) is 24.3 Å². The molecule has 0 fully saturated rings. The number of nitrogens with two attached hydrogens (primary N) is 1. The van der Waals surface area contributed by atoms with Crippen molar-refractivity contribution >= 4 is 17.5 Å². The predicted octanol–water partition coefficient (Wildman–Crippen LogP) is 0.267. The fraction of sp³-hybridized carbons (Fsp3) is 0.800. The molecule has 0 radical (unpaired) electrons. The van der Waals surface area contributed by atoms with Gasteiger partial charge in [0, 0.05) is 6.42 Å². The normalized spacial score (nSPS) is 9.25. The third kappa shape index (κ3) is 4.15. The van der Waals surface area contributed by atoms with Crippen LogP contribution in [0.25, 0.3) is 0 Å². The maximum atomic E-state index is 10.5. The van der Waals surface area contributed by atoms with Crippen molar-refractivity contribution in [2.24, 2.45) is 5.73 Å². The van der Waals surface area contributed by atoms with Gasteiger partial charge >= 0.3 is 0 Å². The summed E-state index contributed by atoms with van der Waals surface area (Å²) in [5.74, 6) is 0.858. The number of hydrogen-bond donors (Lipinski definition) is 1. The fourth-order valence-corrected chi connectivity index (χ4v) is 0.860. The molecule has 0 rings (SSSR count). The van der Waals surface area contributed by atoms with Gasteiger partial charge in [0.2, 0.25) is 0 Å². The minimum Gasteiger partial charge on any atom is -0.330 e. The monoisotopic (exact) mass is 133 g/mol. The minimum atomic E-state index is 0.250. The molecule has 48 valence electrons. The molecule has 0 bridgehead atoms. The Morgan fingerprint density at radius 1 is 1.75 bits per heavy atom. The van der Waals surface area contributed by atoms with Crippen LogP contribution in [0, 0.1) is 0 Å². The Bertz CT molecular complexity index is 66.8. The molecule has 0 unspecified atom stereocenters. The number of ketones is 1. The molecule has 0 aliphatic carbocycles. The quantitative estimate of drug-likeness (QED) is 0.598. The van der Waals surface area contributed by atoms with E-state index in [1.165, 1.54) is 0 Å². The third-order valence-corrected chi connectivity index (χ3v) is 1.34. The van der Waals surface area contributed by atoms with Crippen molar-refractivity contribution in [2.45, 2.75) is 6.42 Å². The number of hydrogen-bond acceptors (Lipinski definition) is 3. The lowest BCUT2D eigenvalue weighted by Gasteiger charge is -1.91. The minimum absolute atomic E-state index is 0.250. The molecule has 2 nitrogen and oxygen atoms in total. The van der Waals surface area contributed by atoms with E-state index in [0.717, 1.165) is 0 Å². The van der Waals surface area contributed by atoms with Crippen molar-refractivity contribution in [2.75, 3.05) is 18.6 Å². The number of rotatable bonds is 4. The van der Waals surface area contributed by atoms with Crippen LogP contribution in [0.2, 0.25) is 0 Å². The van der Waals surface area contributed by atoms with Gasteiger partial charge in [-0.05, 0) is 12.8 Å². The van der Waals surface area contributed by atoms with Crippen molar-refractivity contribution in [3.8, 4) is 0 Å². The van der Waals surface area contributed by atoms with E-state index in [4.69, 9.17) is 5.73 Å². The number of carbonyl (C=O) groups is 1. The van der Waals surface area contributed by atoms with E-state index < -0.39 is 0 Å². The van der Waals surface area contributed by atoms with E-state index in [2.05, 4.69) is 0 Å². The zero-order valence-corrected chi connectivity index (χ0v) is 5.83. The van der Waals surface area contributed by atoms with E-state index >= 15 is 0 Å². The van der Waals surface area contributed by atoms with Crippen LogP contribution >= 0.6 is 11.8 Å². The summed E-state index contributed by atoms with van der Waals surface area (Å²) in [7, 11) is 0. The summed E-state index contributed by atoms with van der Waals surface area (Å²) in [4.78, 5) is 10.5. The largest absolute Gasteiger partial charge is 0.330 e. The molecule has 0 aliphatic heterocycles.